The van der Waals surface area contributed by atoms with Crippen LogP contribution in [-0.4, -0.2) is 16.0 Å². The molecule has 0 aliphatic rings. The van der Waals surface area contributed by atoms with Crippen LogP contribution >= 0.6 is 0 Å². The van der Waals surface area contributed by atoms with Crippen LogP contribution in [0.5, 0.6) is 0 Å². The van der Waals surface area contributed by atoms with Crippen LogP contribution in [0.25, 0.3) is 0 Å². The van der Waals surface area contributed by atoms with Crippen molar-refractivity contribution in [3.05, 3.63) is 82.8 Å². The molecule has 3 rings (SSSR count). The van der Waals surface area contributed by atoms with Crippen LogP contribution in [0.15, 0.2) is 53.1 Å². The van der Waals surface area contributed by atoms with Crippen LogP contribution in [0.2, 0.25) is 0 Å². The first-order chi connectivity index (χ1) is 12.8. The number of aromatic nitrogens is 2. The normalized spacial score (nSPS) is 11.4. The molecule has 0 aliphatic carbocycles. The average molecular weight is 379 g/mol. The summed E-state index contributed by atoms with van der Waals surface area (Å²) in [5, 5.41) is 5.97. The van der Waals surface area contributed by atoms with Crippen LogP contribution in [-0.2, 0) is 19.1 Å². The van der Waals surface area contributed by atoms with Crippen molar-refractivity contribution in [3.8, 4) is 0 Å². The molecule has 1 N–H and O–H groups in total. The van der Waals surface area contributed by atoms with Gasteiger partial charge in [0.25, 0.3) is 5.91 Å². The highest BCUT2D eigenvalue weighted by Gasteiger charge is 2.38. The van der Waals surface area contributed by atoms with E-state index in [1.165, 1.54) is 18.2 Å². The summed E-state index contributed by atoms with van der Waals surface area (Å²) in [5.74, 6) is -2.36. The lowest BCUT2D eigenvalue weighted by molar-refractivity contribution is -0.159. The second kappa shape index (κ2) is 7.56. The van der Waals surface area contributed by atoms with Gasteiger partial charge in [-0.1, -0.05) is 35.5 Å². The highest BCUT2D eigenvalue weighted by atomic mass is 19.4. The molecule has 0 spiro atoms. The number of alkyl halides is 3. The molecule has 2 aromatic carbocycles. The lowest BCUT2D eigenvalue weighted by Crippen LogP contribution is -2.22. The zero-order valence-corrected chi connectivity index (χ0v) is 13.8. The summed E-state index contributed by atoms with van der Waals surface area (Å²) in [6.07, 6.45) is -4.59. The Balaban J connectivity index is 1.57. The number of carbonyl (C=O) groups excluding carboxylic acids is 1. The maximum atomic E-state index is 13.1. The van der Waals surface area contributed by atoms with Crippen LogP contribution < -0.4 is 5.32 Å². The van der Waals surface area contributed by atoms with E-state index in [0.29, 0.717) is 5.56 Å². The topological polar surface area (TPSA) is 68.0 Å². The van der Waals surface area contributed by atoms with Crippen molar-refractivity contribution >= 4 is 5.91 Å². The third-order valence-electron chi connectivity index (χ3n) is 3.64. The quantitative estimate of drug-likeness (QED) is 0.686. The number of benzene rings is 2. The first kappa shape index (κ1) is 18.6. The van der Waals surface area contributed by atoms with Crippen molar-refractivity contribution < 1.29 is 26.9 Å². The Morgan fingerprint density at radius 1 is 1.07 bits per heavy atom. The predicted octanol–water partition coefficient (Wildman–Crippen LogP) is 3.75. The van der Waals surface area contributed by atoms with Gasteiger partial charge in [-0.2, -0.15) is 18.2 Å². The third-order valence-corrected chi connectivity index (χ3v) is 3.64. The van der Waals surface area contributed by atoms with Crippen LogP contribution in [0, 0.1) is 5.82 Å². The summed E-state index contributed by atoms with van der Waals surface area (Å²) in [7, 11) is 0. The zero-order chi connectivity index (χ0) is 19.4. The average Bonchev–Trinajstić information content (AvgIpc) is 3.10. The largest absolute Gasteiger partial charge is 0.471 e. The molecule has 0 atom stereocenters. The fraction of sp³-hybridized carbons (Fsp3) is 0.167. The van der Waals surface area contributed by atoms with Crippen molar-refractivity contribution in [2.24, 2.45) is 0 Å². The van der Waals surface area contributed by atoms with E-state index in [1.807, 2.05) is 0 Å². The number of carbonyl (C=O) groups is 1. The first-order valence-corrected chi connectivity index (χ1v) is 7.82. The fourth-order valence-electron chi connectivity index (χ4n) is 2.31. The molecule has 0 aliphatic heterocycles. The van der Waals surface area contributed by atoms with Gasteiger partial charge in [0.15, 0.2) is 5.82 Å². The lowest BCUT2D eigenvalue weighted by Gasteiger charge is -2.06. The van der Waals surface area contributed by atoms with Crippen molar-refractivity contribution in [1.29, 1.82) is 0 Å². The molecule has 1 amide bonds. The molecule has 5 nitrogen and oxygen atoms in total. The molecular formula is C18H13F4N3O2. The molecular weight excluding hydrogens is 366 g/mol. The Labute approximate surface area is 151 Å². The Hall–Kier alpha value is -3.23. The Kier molecular flexibility index (Phi) is 5.20. The van der Waals surface area contributed by atoms with Crippen molar-refractivity contribution in [1.82, 2.24) is 15.5 Å². The standard InChI is InChI=1S/C18H13F4N3O2/c19-14-3-1-2-13(9-14)16(26)23-10-12-6-4-11(5-7-12)8-15-24-17(27-25-15)18(20,21)22/h1-7,9H,8,10H2,(H,23,26). The minimum absolute atomic E-state index is 0.0746. The molecule has 1 heterocycles. The van der Waals surface area contributed by atoms with Crippen molar-refractivity contribution in [2.75, 3.05) is 0 Å². The van der Waals surface area contributed by atoms with Crippen molar-refractivity contribution in [2.45, 2.75) is 19.1 Å². The minimum Gasteiger partial charge on any atom is -0.348 e. The second-order valence-corrected chi connectivity index (χ2v) is 5.70. The summed E-state index contributed by atoms with van der Waals surface area (Å²) in [5.41, 5.74) is 1.67. The van der Waals surface area contributed by atoms with E-state index in [4.69, 9.17) is 0 Å². The van der Waals surface area contributed by atoms with E-state index >= 15 is 0 Å². The number of rotatable bonds is 5. The summed E-state index contributed by atoms with van der Waals surface area (Å²) in [4.78, 5) is 15.3. The Bertz CT molecular complexity index is 936. The van der Waals surface area contributed by atoms with Gasteiger partial charge in [0.1, 0.15) is 5.82 Å². The summed E-state index contributed by atoms with van der Waals surface area (Å²) >= 11 is 0. The second-order valence-electron chi connectivity index (χ2n) is 5.70. The molecule has 140 valence electrons. The van der Waals surface area contributed by atoms with Gasteiger partial charge in [-0.25, -0.2) is 4.39 Å². The van der Waals surface area contributed by atoms with Gasteiger partial charge >= 0.3 is 12.1 Å². The summed E-state index contributed by atoms with van der Waals surface area (Å²) in [6.45, 7) is 0.218. The molecule has 27 heavy (non-hydrogen) atoms. The monoisotopic (exact) mass is 379 g/mol. The zero-order valence-electron chi connectivity index (χ0n) is 13.8. The predicted molar refractivity (Wildman–Crippen MR) is 86.1 cm³/mol. The number of hydrogen-bond donors (Lipinski definition) is 1. The van der Waals surface area contributed by atoms with Crippen LogP contribution in [0.1, 0.15) is 33.2 Å². The molecule has 1 aromatic heterocycles. The molecule has 0 saturated carbocycles. The number of amides is 1. The molecule has 9 heteroatoms. The molecule has 0 bridgehead atoms. The molecule has 0 fully saturated rings. The van der Waals surface area contributed by atoms with Gasteiger partial charge in [-0.3, -0.25) is 4.79 Å². The lowest BCUT2D eigenvalue weighted by atomic mass is 10.1. The van der Waals surface area contributed by atoms with Gasteiger partial charge in [0.2, 0.25) is 0 Å². The van der Waals surface area contributed by atoms with Crippen LogP contribution in [0.3, 0.4) is 0 Å². The van der Waals surface area contributed by atoms with E-state index in [1.54, 1.807) is 24.3 Å². The highest BCUT2D eigenvalue weighted by molar-refractivity contribution is 5.94. The van der Waals surface area contributed by atoms with E-state index < -0.39 is 23.8 Å². The van der Waals surface area contributed by atoms with E-state index in [2.05, 4.69) is 20.0 Å². The van der Waals surface area contributed by atoms with E-state index in [9.17, 15) is 22.4 Å². The maximum Gasteiger partial charge on any atom is 0.471 e. The summed E-state index contributed by atoms with van der Waals surface area (Å²) in [6, 6.07) is 12.1. The maximum absolute atomic E-state index is 13.1. The molecule has 0 saturated heterocycles. The first-order valence-electron chi connectivity index (χ1n) is 7.82. The van der Waals surface area contributed by atoms with E-state index in [-0.39, 0.29) is 24.4 Å². The van der Waals surface area contributed by atoms with E-state index in [0.717, 1.165) is 11.6 Å². The van der Waals surface area contributed by atoms with Gasteiger partial charge in [0, 0.05) is 18.5 Å². The van der Waals surface area contributed by atoms with Gasteiger partial charge in [-0.15, -0.1) is 0 Å². The van der Waals surface area contributed by atoms with Gasteiger partial charge in [-0.05, 0) is 29.3 Å². The minimum atomic E-state index is -4.67. The molecule has 0 unspecified atom stereocenters. The van der Waals surface area contributed by atoms with Gasteiger partial charge < -0.3 is 9.84 Å². The Morgan fingerprint density at radius 2 is 1.78 bits per heavy atom. The number of hydrogen-bond acceptors (Lipinski definition) is 4. The Morgan fingerprint density at radius 3 is 2.41 bits per heavy atom. The summed E-state index contributed by atoms with van der Waals surface area (Å²) < 4.78 is 54.6. The highest BCUT2D eigenvalue weighted by Crippen LogP contribution is 2.27. The number of halogens is 4. The van der Waals surface area contributed by atoms with Crippen LogP contribution in [0.4, 0.5) is 17.6 Å². The fourth-order valence-corrected chi connectivity index (χ4v) is 2.31. The molecule has 0 radical (unpaired) electrons. The smallest absolute Gasteiger partial charge is 0.348 e. The number of nitrogens with zero attached hydrogens (tertiary/aromatic N) is 2. The third kappa shape index (κ3) is 4.90. The SMILES string of the molecule is O=C(NCc1ccc(Cc2noc(C(F)(F)F)n2)cc1)c1cccc(F)c1. The number of nitrogens with one attached hydrogen (secondary N) is 1. The molecule has 3 aromatic rings. The van der Waals surface area contributed by atoms with Gasteiger partial charge in [0.05, 0.1) is 0 Å². The van der Waals surface area contributed by atoms with Crippen molar-refractivity contribution in [3.63, 3.8) is 0 Å².